The third kappa shape index (κ3) is 2.99. The van der Waals surface area contributed by atoms with Gasteiger partial charge in [0.1, 0.15) is 19.0 Å². The highest BCUT2D eigenvalue weighted by Crippen LogP contribution is 2.33. The lowest BCUT2D eigenvalue weighted by Crippen LogP contribution is -2.17. The van der Waals surface area contributed by atoms with Crippen molar-refractivity contribution in [3.8, 4) is 22.8 Å². The average Bonchev–Trinajstić information content (AvgIpc) is 3.32. The van der Waals surface area contributed by atoms with Crippen molar-refractivity contribution < 1.29 is 17.9 Å². The number of hydrogen-bond donors (Lipinski definition) is 1. The minimum Gasteiger partial charge on any atom is -0.486 e. The molecule has 0 radical (unpaired) electrons. The standard InChI is InChI=1S/C20H19N3O4S/c24-28(25,16-7-8-18-19(12-16)27-11-10-26-18)22-15-5-3-14(4-6-15)17-13-21-20-2-1-9-23(17)20/h3-8,12-13,22H,1-2,9-11H2. The van der Waals surface area contributed by atoms with Crippen LogP contribution >= 0.6 is 0 Å². The monoisotopic (exact) mass is 397 g/mol. The molecule has 0 bridgehead atoms. The topological polar surface area (TPSA) is 82.5 Å². The van der Waals surface area contributed by atoms with E-state index in [4.69, 9.17) is 9.47 Å². The van der Waals surface area contributed by atoms with E-state index in [0.29, 0.717) is 30.4 Å². The van der Waals surface area contributed by atoms with Crippen molar-refractivity contribution in [2.45, 2.75) is 24.3 Å². The Morgan fingerprint density at radius 1 is 1.00 bits per heavy atom. The fourth-order valence-corrected chi connectivity index (χ4v) is 4.68. The van der Waals surface area contributed by atoms with Crippen LogP contribution in [0.5, 0.6) is 11.5 Å². The number of ether oxygens (including phenoxy) is 2. The molecule has 3 aromatic rings. The molecule has 3 heterocycles. The molecule has 7 nitrogen and oxygen atoms in total. The molecule has 5 rings (SSSR count). The lowest BCUT2D eigenvalue weighted by atomic mass is 10.1. The molecule has 2 aromatic carbocycles. The van der Waals surface area contributed by atoms with Gasteiger partial charge in [-0.25, -0.2) is 13.4 Å². The van der Waals surface area contributed by atoms with Gasteiger partial charge in [-0.2, -0.15) is 0 Å². The molecule has 28 heavy (non-hydrogen) atoms. The second-order valence-electron chi connectivity index (χ2n) is 6.80. The van der Waals surface area contributed by atoms with Crippen LogP contribution in [-0.4, -0.2) is 31.2 Å². The van der Waals surface area contributed by atoms with Gasteiger partial charge in [0.25, 0.3) is 10.0 Å². The van der Waals surface area contributed by atoms with E-state index in [1.807, 2.05) is 18.3 Å². The van der Waals surface area contributed by atoms with Crippen molar-refractivity contribution in [1.29, 1.82) is 0 Å². The van der Waals surface area contributed by atoms with Crippen molar-refractivity contribution in [3.63, 3.8) is 0 Å². The van der Waals surface area contributed by atoms with Gasteiger partial charge in [0.05, 0.1) is 16.8 Å². The quantitative estimate of drug-likeness (QED) is 0.732. The van der Waals surface area contributed by atoms with Crippen LogP contribution in [0.2, 0.25) is 0 Å². The van der Waals surface area contributed by atoms with Crippen LogP contribution in [0.4, 0.5) is 5.69 Å². The fraction of sp³-hybridized carbons (Fsp3) is 0.250. The first-order valence-electron chi connectivity index (χ1n) is 9.17. The molecule has 0 spiro atoms. The molecule has 1 N–H and O–H groups in total. The smallest absolute Gasteiger partial charge is 0.262 e. The van der Waals surface area contributed by atoms with Gasteiger partial charge in [0.2, 0.25) is 0 Å². The highest BCUT2D eigenvalue weighted by Gasteiger charge is 2.20. The Kier molecular flexibility index (Phi) is 4.01. The molecule has 144 valence electrons. The van der Waals surface area contributed by atoms with Crippen molar-refractivity contribution >= 4 is 15.7 Å². The van der Waals surface area contributed by atoms with Gasteiger partial charge in [-0.1, -0.05) is 12.1 Å². The van der Waals surface area contributed by atoms with E-state index in [2.05, 4.69) is 14.3 Å². The molecule has 0 aliphatic carbocycles. The summed E-state index contributed by atoms with van der Waals surface area (Å²) in [4.78, 5) is 4.59. The number of fused-ring (bicyclic) bond motifs is 2. The molecular weight excluding hydrogens is 378 g/mol. The van der Waals surface area contributed by atoms with Crippen LogP contribution in [0.3, 0.4) is 0 Å². The lowest BCUT2D eigenvalue weighted by molar-refractivity contribution is 0.171. The third-order valence-corrected chi connectivity index (χ3v) is 6.36. The third-order valence-electron chi connectivity index (χ3n) is 4.98. The summed E-state index contributed by atoms with van der Waals surface area (Å²) in [7, 11) is -3.73. The first kappa shape index (κ1) is 17.1. The molecule has 0 saturated carbocycles. The second kappa shape index (κ2) is 6.56. The van der Waals surface area contributed by atoms with Gasteiger partial charge in [-0.05, 0) is 36.2 Å². The van der Waals surface area contributed by atoms with E-state index in [1.165, 1.54) is 12.1 Å². The van der Waals surface area contributed by atoms with Crippen molar-refractivity contribution in [2.24, 2.45) is 0 Å². The van der Waals surface area contributed by atoms with Gasteiger partial charge < -0.3 is 14.0 Å². The summed E-state index contributed by atoms with van der Waals surface area (Å²) in [6, 6.07) is 12.0. The minimum atomic E-state index is -3.73. The molecule has 2 aliphatic heterocycles. The number of hydrogen-bond acceptors (Lipinski definition) is 5. The number of benzene rings is 2. The Hall–Kier alpha value is -3.00. The summed E-state index contributed by atoms with van der Waals surface area (Å²) in [6.07, 6.45) is 4.00. The maximum atomic E-state index is 12.7. The van der Waals surface area contributed by atoms with Gasteiger partial charge >= 0.3 is 0 Å². The molecule has 1 aromatic heterocycles. The van der Waals surface area contributed by atoms with Gasteiger partial charge in [-0.3, -0.25) is 4.72 Å². The number of nitrogens with one attached hydrogen (secondary N) is 1. The largest absolute Gasteiger partial charge is 0.486 e. The predicted molar refractivity (Wildman–Crippen MR) is 104 cm³/mol. The van der Waals surface area contributed by atoms with Crippen LogP contribution in [0, 0.1) is 0 Å². The highest BCUT2D eigenvalue weighted by atomic mass is 32.2. The zero-order chi connectivity index (χ0) is 19.1. The Labute approximate surface area is 163 Å². The summed E-state index contributed by atoms with van der Waals surface area (Å²) < 4.78 is 41.2. The van der Waals surface area contributed by atoms with Crippen LogP contribution in [0.25, 0.3) is 11.3 Å². The molecule has 2 aliphatic rings. The number of rotatable bonds is 4. The van der Waals surface area contributed by atoms with Crippen LogP contribution < -0.4 is 14.2 Å². The molecule has 8 heteroatoms. The maximum absolute atomic E-state index is 12.7. The fourth-order valence-electron chi connectivity index (χ4n) is 3.60. The summed E-state index contributed by atoms with van der Waals surface area (Å²) >= 11 is 0. The number of nitrogens with zero attached hydrogens (tertiary/aromatic N) is 2. The van der Waals surface area contributed by atoms with Crippen molar-refractivity contribution in [1.82, 2.24) is 9.55 Å². The van der Waals surface area contributed by atoms with Crippen LogP contribution in [-0.2, 0) is 23.0 Å². The molecule has 0 saturated heterocycles. The van der Waals surface area contributed by atoms with E-state index in [-0.39, 0.29) is 4.90 Å². The second-order valence-corrected chi connectivity index (χ2v) is 8.49. The number of anilines is 1. The molecule has 0 unspecified atom stereocenters. The molecular formula is C20H19N3O4S. The summed E-state index contributed by atoms with van der Waals surface area (Å²) in [6.45, 7) is 1.84. The van der Waals surface area contributed by atoms with Crippen molar-refractivity contribution in [3.05, 3.63) is 54.5 Å². The summed E-state index contributed by atoms with van der Waals surface area (Å²) in [5, 5.41) is 0. The van der Waals surface area contributed by atoms with Gasteiger partial charge in [0.15, 0.2) is 11.5 Å². The van der Waals surface area contributed by atoms with Gasteiger partial charge in [0, 0.05) is 24.7 Å². The zero-order valence-corrected chi connectivity index (χ0v) is 15.9. The van der Waals surface area contributed by atoms with E-state index in [9.17, 15) is 8.42 Å². The molecule has 0 atom stereocenters. The first-order valence-corrected chi connectivity index (χ1v) is 10.7. The average molecular weight is 397 g/mol. The van der Waals surface area contributed by atoms with E-state index in [1.54, 1.807) is 18.2 Å². The summed E-state index contributed by atoms with van der Waals surface area (Å²) in [5.41, 5.74) is 2.58. The molecule has 0 amide bonds. The number of imidazole rings is 1. The highest BCUT2D eigenvalue weighted by molar-refractivity contribution is 7.92. The van der Waals surface area contributed by atoms with Crippen molar-refractivity contribution in [2.75, 3.05) is 17.9 Å². The Balaban J connectivity index is 1.38. The first-order chi connectivity index (χ1) is 13.6. The van der Waals surface area contributed by atoms with Gasteiger partial charge in [-0.15, -0.1) is 0 Å². The maximum Gasteiger partial charge on any atom is 0.262 e. The number of sulfonamides is 1. The normalized spacial score (nSPS) is 15.3. The SMILES string of the molecule is O=S(=O)(Nc1ccc(-c2cnc3n2CCC3)cc1)c1ccc2c(c1)OCCO2. The predicted octanol–water partition coefficient (Wildman–Crippen LogP) is 3.07. The van der Waals surface area contributed by atoms with E-state index >= 15 is 0 Å². The van der Waals surface area contributed by atoms with E-state index < -0.39 is 10.0 Å². The Morgan fingerprint density at radius 2 is 1.79 bits per heavy atom. The molecule has 0 fully saturated rings. The van der Waals surface area contributed by atoms with Crippen LogP contribution in [0.15, 0.2) is 53.6 Å². The number of aromatic nitrogens is 2. The Bertz CT molecular complexity index is 1140. The van der Waals surface area contributed by atoms with E-state index in [0.717, 1.165) is 36.5 Å². The summed E-state index contributed by atoms with van der Waals surface area (Å²) in [5.74, 6) is 2.11. The minimum absolute atomic E-state index is 0.134. The van der Waals surface area contributed by atoms with Crippen LogP contribution in [0.1, 0.15) is 12.2 Å². The number of aryl methyl sites for hydroxylation is 1. The Morgan fingerprint density at radius 3 is 2.61 bits per heavy atom. The lowest BCUT2D eigenvalue weighted by Gasteiger charge is -2.19. The zero-order valence-electron chi connectivity index (χ0n) is 15.1.